The Hall–Kier alpha value is 0.440. The van der Waals surface area contributed by atoms with Crippen LogP contribution in [0.15, 0.2) is 0 Å². The van der Waals surface area contributed by atoms with Crippen LogP contribution in [0, 0.1) is 0 Å². The van der Waals surface area contributed by atoms with Crippen LogP contribution in [0.1, 0.15) is 32.1 Å². The molecule has 0 aromatic rings. The van der Waals surface area contributed by atoms with E-state index in [1.54, 1.807) is 0 Å². The van der Waals surface area contributed by atoms with Gasteiger partial charge in [0.05, 0.1) is 0 Å². The third kappa shape index (κ3) is 2.68. The van der Waals surface area contributed by atoms with E-state index in [2.05, 4.69) is 0 Å². The molecule has 0 aliphatic heterocycles. The Bertz CT molecular complexity index is 50.5. The molecule has 0 saturated heterocycles. The molecule has 2 N–H and O–H groups in total. The highest BCUT2D eigenvalue weighted by Crippen LogP contribution is 2.14. The lowest BCUT2D eigenvalue weighted by molar-refractivity contribution is 0.441. The van der Waals surface area contributed by atoms with Crippen molar-refractivity contribution >= 4 is 17.0 Å². The monoisotopic (exact) mass is 179 g/mol. The van der Waals surface area contributed by atoms with Gasteiger partial charge in [0.15, 0.2) is 0 Å². The van der Waals surface area contributed by atoms with Gasteiger partial charge in [-0.3, -0.25) is 0 Å². The average Bonchev–Trinajstić information content (AvgIpc) is 1.69. The highest BCUT2D eigenvalue weighted by Gasteiger charge is 2.06. The van der Waals surface area contributed by atoms with Gasteiger partial charge < -0.3 is 5.73 Å². The lowest BCUT2D eigenvalue weighted by Gasteiger charge is -2.15. The smallest absolute Gasteiger partial charge is 0.00388 e. The summed E-state index contributed by atoms with van der Waals surface area (Å²) < 4.78 is 0. The zero-order valence-corrected chi connectivity index (χ0v) is 6.81. The van der Waals surface area contributed by atoms with Crippen molar-refractivity contribution in [1.29, 1.82) is 0 Å². The van der Waals surface area contributed by atoms with Gasteiger partial charge in [-0.1, -0.05) is 19.3 Å². The summed E-state index contributed by atoms with van der Waals surface area (Å²) in [5, 5.41) is 0. The maximum atomic E-state index is 5.63. The zero-order chi connectivity index (χ0) is 5.11. The summed E-state index contributed by atoms with van der Waals surface area (Å²) in [7, 11) is 0. The fraction of sp³-hybridized carbons (Fsp3) is 1.00. The number of nitrogens with two attached hydrogens (primary N) is 1. The summed E-state index contributed by atoms with van der Waals surface area (Å²) in [5.41, 5.74) is 5.63. The molecule has 0 atom stereocenters. The molecule has 0 radical (unpaired) electrons. The minimum Gasteiger partial charge on any atom is -0.328 e. The first-order valence-electron chi connectivity index (χ1n) is 3.15. The molecule has 0 aromatic heterocycles. The van der Waals surface area contributed by atoms with Gasteiger partial charge in [0.25, 0.3) is 0 Å². The van der Waals surface area contributed by atoms with E-state index in [0.717, 1.165) is 0 Å². The maximum absolute atomic E-state index is 5.63. The molecule has 1 aliphatic rings. The summed E-state index contributed by atoms with van der Waals surface area (Å²) in [6.07, 6.45) is 6.66. The molecule has 0 heterocycles. The summed E-state index contributed by atoms with van der Waals surface area (Å²) in [4.78, 5) is 0. The number of hydrogen-bond acceptors (Lipinski definition) is 1. The highest BCUT2D eigenvalue weighted by molar-refractivity contribution is 8.93. The van der Waals surface area contributed by atoms with Crippen LogP contribution in [0.2, 0.25) is 0 Å². The molecule has 0 spiro atoms. The maximum Gasteiger partial charge on any atom is 0.00388 e. The quantitative estimate of drug-likeness (QED) is 0.604. The van der Waals surface area contributed by atoms with Gasteiger partial charge in [0, 0.05) is 6.04 Å². The Morgan fingerprint density at radius 3 is 1.75 bits per heavy atom. The first kappa shape index (κ1) is 8.44. The summed E-state index contributed by atoms with van der Waals surface area (Å²) >= 11 is 0. The van der Waals surface area contributed by atoms with Crippen molar-refractivity contribution < 1.29 is 0 Å². The van der Waals surface area contributed by atoms with E-state index >= 15 is 0 Å². The number of halogens is 1. The van der Waals surface area contributed by atoms with Crippen molar-refractivity contribution in [2.45, 2.75) is 38.1 Å². The van der Waals surface area contributed by atoms with Crippen molar-refractivity contribution in [2.24, 2.45) is 5.73 Å². The van der Waals surface area contributed by atoms with E-state index < -0.39 is 0 Å². The van der Waals surface area contributed by atoms with Crippen molar-refractivity contribution in [2.75, 3.05) is 0 Å². The summed E-state index contributed by atoms with van der Waals surface area (Å²) in [6.45, 7) is 0. The molecule has 8 heavy (non-hydrogen) atoms. The molecule has 1 nitrogen and oxygen atoms in total. The van der Waals surface area contributed by atoms with Crippen LogP contribution in [0.25, 0.3) is 0 Å². The van der Waals surface area contributed by atoms with Crippen molar-refractivity contribution in [1.82, 2.24) is 0 Å². The SMILES string of the molecule is Br.NC1CCCCC1. The van der Waals surface area contributed by atoms with E-state index in [9.17, 15) is 0 Å². The van der Waals surface area contributed by atoms with Crippen molar-refractivity contribution in [3.05, 3.63) is 0 Å². The van der Waals surface area contributed by atoms with E-state index in [4.69, 9.17) is 5.73 Å². The van der Waals surface area contributed by atoms with E-state index in [0.29, 0.717) is 6.04 Å². The van der Waals surface area contributed by atoms with Gasteiger partial charge in [-0.05, 0) is 12.8 Å². The van der Waals surface area contributed by atoms with Crippen LogP contribution in [0.4, 0.5) is 0 Å². The molecule has 0 amide bonds. The molecular formula is C6H14BrN. The predicted molar refractivity (Wildman–Crippen MR) is 41.4 cm³/mol. The zero-order valence-electron chi connectivity index (χ0n) is 5.10. The Balaban J connectivity index is 0.000000490. The van der Waals surface area contributed by atoms with Gasteiger partial charge in [-0.25, -0.2) is 0 Å². The summed E-state index contributed by atoms with van der Waals surface area (Å²) in [5.74, 6) is 0. The molecule has 1 aliphatic carbocycles. The van der Waals surface area contributed by atoms with Crippen molar-refractivity contribution in [3.8, 4) is 0 Å². The predicted octanol–water partition coefficient (Wildman–Crippen LogP) is 1.86. The fourth-order valence-corrected chi connectivity index (χ4v) is 1.13. The largest absolute Gasteiger partial charge is 0.328 e. The van der Waals surface area contributed by atoms with E-state index in [1.165, 1.54) is 32.1 Å². The van der Waals surface area contributed by atoms with Crippen LogP contribution >= 0.6 is 17.0 Å². The molecule has 0 bridgehead atoms. The van der Waals surface area contributed by atoms with Gasteiger partial charge >= 0.3 is 0 Å². The van der Waals surface area contributed by atoms with Crippen LogP contribution in [0.3, 0.4) is 0 Å². The van der Waals surface area contributed by atoms with E-state index in [1.807, 2.05) is 0 Å². The molecule has 50 valence electrons. The van der Waals surface area contributed by atoms with Crippen LogP contribution in [-0.2, 0) is 0 Å². The normalized spacial score (nSPS) is 22.1. The lowest BCUT2D eigenvalue weighted by Crippen LogP contribution is -2.22. The molecule has 0 unspecified atom stereocenters. The second-order valence-corrected chi connectivity index (χ2v) is 2.40. The Labute approximate surface area is 61.4 Å². The lowest BCUT2D eigenvalue weighted by atomic mass is 9.97. The first-order chi connectivity index (χ1) is 3.39. The standard InChI is InChI=1S/C6H13N.BrH/c7-6-4-2-1-3-5-6;/h6H,1-5,7H2;1H. The second kappa shape index (κ2) is 4.33. The number of rotatable bonds is 0. The summed E-state index contributed by atoms with van der Waals surface area (Å²) in [6, 6.07) is 0.536. The third-order valence-corrected chi connectivity index (χ3v) is 1.65. The molecule has 0 aromatic carbocycles. The Morgan fingerprint density at radius 1 is 1.00 bits per heavy atom. The highest BCUT2D eigenvalue weighted by atomic mass is 79.9. The van der Waals surface area contributed by atoms with Crippen molar-refractivity contribution in [3.63, 3.8) is 0 Å². The third-order valence-electron chi connectivity index (χ3n) is 1.65. The molecule has 2 heteroatoms. The molecule has 1 rings (SSSR count). The number of hydrogen-bond donors (Lipinski definition) is 1. The average molecular weight is 180 g/mol. The Kier molecular flexibility index (Phi) is 4.57. The Morgan fingerprint density at radius 2 is 1.50 bits per heavy atom. The minimum absolute atomic E-state index is 0. The topological polar surface area (TPSA) is 26.0 Å². The van der Waals surface area contributed by atoms with Gasteiger partial charge in [-0.2, -0.15) is 0 Å². The van der Waals surface area contributed by atoms with Crippen LogP contribution < -0.4 is 5.73 Å². The molecule has 1 saturated carbocycles. The van der Waals surface area contributed by atoms with Crippen LogP contribution in [0.5, 0.6) is 0 Å². The van der Waals surface area contributed by atoms with Gasteiger partial charge in [0.2, 0.25) is 0 Å². The molecular weight excluding hydrogens is 166 g/mol. The second-order valence-electron chi connectivity index (χ2n) is 2.40. The van der Waals surface area contributed by atoms with E-state index in [-0.39, 0.29) is 17.0 Å². The van der Waals surface area contributed by atoms with Gasteiger partial charge in [-0.15, -0.1) is 17.0 Å². The fourth-order valence-electron chi connectivity index (χ4n) is 1.13. The first-order valence-corrected chi connectivity index (χ1v) is 3.15. The van der Waals surface area contributed by atoms with Crippen LogP contribution in [-0.4, -0.2) is 6.04 Å². The van der Waals surface area contributed by atoms with Gasteiger partial charge in [0.1, 0.15) is 0 Å². The minimum atomic E-state index is 0. The molecule has 1 fully saturated rings.